The Bertz CT molecular complexity index is 188. The number of nitrogens with one attached hydrogen (secondary N) is 1. The number of carbonyl (C=O) groups is 1. The highest BCUT2D eigenvalue weighted by atomic mass is 16.5. The van der Waals surface area contributed by atoms with Crippen LogP contribution in [-0.4, -0.2) is 36.4 Å². The number of rotatable bonds is 4. The van der Waals surface area contributed by atoms with Crippen molar-refractivity contribution in [1.82, 2.24) is 5.32 Å². The molecule has 1 rings (SSSR count). The molecule has 1 aliphatic rings. The maximum Gasteiger partial charge on any atom is 0.321 e. The molecule has 2 atom stereocenters. The lowest BCUT2D eigenvalue weighted by Crippen LogP contribution is -2.48. The van der Waals surface area contributed by atoms with Gasteiger partial charge in [-0.05, 0) is 12.8 Å². The van der Waals surface area contributed by atoms with Gasteiger partial charge in [0, 0.05) is 18.6 Å². The lowest BCUT2D eigenvalue weighted by atomic mass is 9.93. The van der Waals surface area contributed by atoms with Crippen molar-refractivity contribution >= 4 is 5.97 Å². The van der Waals surface area contributed by atoms with Gasteiger partial charge in [0.1, 0.15) is 6.04 Å². The van der Waals surface area contributed by atoms with Crippen LogP contribution < -0.4 is 5.32 Å². The SMILES string of the molecule is CC(C)NC(C(=O)O)C1CCCOC1. The second-order valence-electron chi connectivity index (χ2n) is 4.11. The fraction of sp³-hybridized carbons (Fsp3) is 0.900. The number of carboxylic acid groups (broad SMARTS) is 1. The molecular formula is C10H19NO3. The Labute approximate surface area is 84.6 Å². The van der Waals surface area contributed by atoms with Crippen LogP contribution in [0, 0.1) is 5.92 Å². The molecule has 0 radical (unpaired) electrons. The summed E-state index contributed by atoms with van der Waals surface area (Å²) in [5, 5.41) is 12.1. The number of hydrogen-bond acceptors (Lipinski definition) is 3. The third-order valence-electron chi connectivity index (χ3n) is 2.45. The fourth-order valence-corrected chi connectivity index (χ4v) is 1.80. The minimum absolute atomic E-state index is 0.114. The van der Waals surface area contributed by atoms with Crippen molar-refractivity contribution < 1.29 is 14.6 Å². The molecule has 4 heteroatoms. The molecular weight excluding hydrogens is 182 g/mol. The lowest BCUT2D eigenvalue weighted by molar-refractivity contribution is -0.142. The van der Waals surface area contributed by atoms with Gasteiger partial charge in [0.15, 0.2) is 0 Å². The van der Waals surface area contributed by atoms with Crippen LogP contribution in [0.2, 0.25) is 0 Å². The van der Waals surface area contributed by atoms with E-state index in [-0.39, 0.29) is 12.0 Å². The summed E-state index contributed by atoms with van der Waals surface area (Å²) in [5.74, 6) is -0.655. The maximum absolute atomic E-state index is 11.0. The van der Waals surface area contributed by atoms with E-state index in [1.807, 2.05) is 13.8 Å². The first kappa shape index (κ1) is 11.5. The van der Waals surface area contributed by atoms with E-state index >= 15 is 0 Å². The van der Waals surface area contributed by atoms with Crippen molar-refractivity contribution in [2.75, 3.05) is 13.2 Å². The third-order valence-corrected chi connectivity index (χ3v) is 2.45. The zero-order valence-corrected chi connectivity index (χ0v) is 8.82. The second-order valence-corrected chi connectivity index (χ2v) is 4.11. The topological polar surface area (TPSA) is 58.6 Å². The van der Waals surface area contributed by atoms with Crippen LogP contribution >= 0.6 is 0 Å². The van der Waals surface area contributed by atoms with Crippen LogP contribution in [-0.2, 0) is 9.53 Å². The summed E-state index contributed by atoms with van der Waals surface area (Å²) in [5.41, 5.74) is 0. The van der Waals surface area contributed by atoms with E-state index in [9.17, 15) is 4.79 Å². The Kier molecular flexibility index (Phi) is 4.35. The molecule has 4 nitrogen and oxygen atoms in total. The van der Waals surface area contributed by atoms with E-state index < -0.39 is 12.0 Å². The highest BCUT2D eigenvalue weighted by molar-refractivity contribution is 5.74. The summed E-state index contributed by atoms with van der Waals surface area (Å²) in [6.07, 6.45) is 1.91. The van der Waals surface area contributed by atoms with Gasteiger partial charge in [0.05, 0.1) is 6.61 Å². The van der Waals surface area contributed by atoms with Crippen LogP contribution in [0.15, 0.2) is 0 Å². The van der Waals surface area contributed by atoms with Gasteiger partial charge in [-0.25, -0.2) is 0 Å². The summed E-state index contributed by atoms with van der Waals surface area (Å²) >= 11 is 0. The van der Waals surface area contributed by atoms with E-state index in [1.54, 1.807) is 0 Å². The molecule has 2 unspecified atom stereocenters. The van der Waals surface area contributed by atoms with Crippen molar-refractivity contribution in [3.63, 3.8) is 0 Å². The van der Waals surface area contributed by atoms with Crippen molar-refractivity contribution in [2.24, 2.45) is 5.92 Å². The first-order valence-electron chi connectivity index (χ1n) is 5.18. The summed E-state index contributed by atoms with van der Waals surface area (Å²) in [7, 11) is 0. The van der Waals surface area contributed by atoms with Gasteiger partial charge in [-0.1, -0.05) is 13.8 Å². The van der Waals surface area contributed by atoms with E-state index in [1.165, 1.54) is 0 Å². The molecule has 1 saturated heterocycles. The molecule has 0 aromatic heterocycles. The molecule has 0 aliphatic carbocycles. The summed E-state index contributed by atoms with van der Waals surface area (Å²) < 4.78 is 5.29. The lowest BCUT2D eigenvalue weighted by Gasteiger charge is -2.29. The van der Waals surface area contributed by atoms with E-state index in [4.69, 9.17) is 9.84 Å². The molecule has 0 aromatic rings. The van der Waals surface area contributed by atoms with Crippen LogP contribution in [0.25, 0.3) is 0 Å². The molecule has 1 aliphatic heterocycles. The van der Waals surface area contributed by atoms with Crippen molar-refractivity contribution in [1.29, 1.82) is 0 Å². The molecule has 1 heterocycles. The van der Waals surface area contributed by atoms with Crippen molar-refractivity contribution in [2.45, 2.75) is 38.8 Å². The molecule has 0 bridgehead atoms. The zero-order valence-electron chi connectivity index (χ0n) is 8.82. The standard InChI is InChI=1S/C10H19NO3/c1-7(2)11-9(10(12)13)8-4-3-5-14-6-8/h7-9,11H,3-6H2,1-2H3,(H,12,13). The molecule has 1 fully saturated rings. The van der Waals surface area contributed by atoms with Crippen LogP contribution in [0.4, 0.5) is 0 Å². The van der Waals surface area contributed by atoms with Crippen LogP contribution in [0.5, 0.6) is 0 Å². The monoisotopic (exact) mass is 201 g/mol. The molecule has 0 saturated carbocycles. The van der Waals surface area contributed by atoms with Gasteiger partial charge in [0.25, 0.3) is 0 Å². The number of hydrogen-bond donors (Lipinski definition) is 2. The van der Waals surface area contributed by atoms with Gasteiger partial charge in [-0.2, -0.15) is 0 Å². The highest BCUT2D eigenvalue weighted by Gasteiger charge is 2.29. The Morgan fingerprint density at radius 2 is 2.29 bits per heavy atom. The summed E-state index contributed by atoms with van der Waals surface area (Å²) in [6, 6.07) is -0.270. The maximum atomic E-state index is 11.0. The smallest absolute Gasteiger partial charge is 0.321 e. The molecule has 0 spiro atoms. The van der Waals surface area contributed by atoms with Crippen molar-refractivity contribution in [3.8, 4) is 0 Å². The fourth-order valence-electron chi connectivity index (χ4n) is 1.80. The summed E-state index contributed by atoms with van der Waals surface area (Å²) in [6.45, 7) is 5.25. The molecule has 0 amide bonds. The highest BCUT2D eigenvalue weighted by Crippen LogP contribution is 2.18. The quantitative estimate of drug-likeness (QED) is 0.708. The van der Waals surface area contributed by atoms with Gasteiger partial charge in [-0.15, -0.1) is 0 Å². The van der Waals surface area contributed by atoms with Gasteiger partial charge < -0.3 is 15.2 Å². The van der Waals surface area contributed by atoms with E-state index in [0.29, 0.717) is 6.61 Å². The molecule has 2 N–H and O–H groups in total. The van der Waals surface area contributed by atoms with Crippen LogP contribution in [0.1, 0.15) is 26.7 Å². The first-order valence-corrected chi connectivity index (χ1v) is 5.18. The minimum atomic E-state index is -0.769. The average molecular weight is 201 g/mol. The van der Waals surface area contributed by atoms with E-state index in [0.717, 1.165) is 19.4 Å². The van der Waals surface area contributed by atoms with Gasteiger partial charge in [-0.3, -0.25) is 4.79 Å². The normalized spacial score (nSPS) is 24.9. The zero-order chi connectivity index (χ0) is 10.6. The summed E-state index contributed by atoms with van der Waals surface area (Å²) in [4.78, 5) is 11.0. The predicted octanol–water partition coefficient (Wildman–Crippen LogP) is 0.864. The van der Waals surface area contributed by atoms with Gasteiger partial charge >= 0.3 is 5.97 Å². The predicted molar refractivity (Wildman–Crippen MR) is 53.2 cm³/mol. The first-order chi connectivity index (χ1) is 6.61. The third kappa shape index (κ3) is 3.27. The Balaban J connectivity index is 2.51. The number of carboxylic acids is 1. The van der Waals surface area contributed by atoms with Crippen molar-refractivity contribution in [3.05, 3.63) is 0 Å². The number of ether oxygens (including phenoxy) is 1. The largest absolute Gasteiger partial charge is 0.480 e. The number of aliphatic carboxylic acids is 1. The second kappa shape index (κ2) is 5.32. The molecule has 0 aromatic carbocycles. The van der Waals surface area contributed by atoms with Crippen LogP contribution in [0.3, 0.4) is 0 Å². The Morgan fingerprint density at radius 1 is 1.57 bits per heavy atom. The average Bonchev–Trinajstić information content (AvgIpc) is 2.15. The Hall–Kier alpha value is -0.610. The molecule has 82 valence electrons. The molecule has 14 heavy (non-hydrogen) atoms. The van der Waals surface area contributed by atoms with Gasteiger partial charge in [0.2, 0.25) is 0 Å². The minimum Gasteiger partial charge on any atom is -0.480 e. The van der Waals surface area contributed by atoms with E-state index in [2.05, 4.69) is 5.32 Å². The Morgan fingerprint density at radius 3 is 2.71 bits per heavy atom.